The fourth-order valence-corrected chi connectivity index (χ4v) is 5.94. The molecule has 4 rings (SSSR count). The van der Waals surface area contributed by atoms with Crippen LogP contribution in [0.3, 0.4) is 0 Å². The maximum atomic E-state index is 13.0. The Balaban J connectivity index is 1.45. The van der Waals surface area contributed by atoms with Crippen LogP contribution in [0.5, 0.6) is 0 Å². The van der Waals surface area contributed by atoms with Gasteiger partial charge in [-0.1, -0.05) is 36.6 Å². The molecule has 2 aromatic rings. The second-order valence-electron chi connectivity index (χ2n) is 8.56. The quantitative estimate of drug-likeness (QED) is 0.716. The third-order valence-corrected chi connectivity index (χ3v) is 8.07. The van der Waals surface area contributed by atoms with Gasteiger partial charge in [-0.25, -0.2) is 8.42 Å². The van der Waals surface area contributed by atoms with Gasteiger partial charge in [-0.2, -0.15) is 4.72 Å². The maximum absolute atomic E-state index is 13.0. The average Bonchev–Trinajstić information content (AvgIpc) is 2.96. The fraction of sp³-hybridized carbons (Fsp3) is 0.478. The van der Waals surface area contributed by atoms with Crippen LogP contribution in [0.15, 0.2) is 41.3 Å². The van der Waals surface area contributed by atoms with E-state index >= 15 is 0 Å². The van der Waals surface area contributed by atoms with Crippen LogP contribution in [0.1, 0.15) is 39.0 Å². The number of nitrogens with zero attached hydrogens (tertiary/aromatic N) is 2. The predicted octanol–water partition coefficient (Wildman–Crippen LogP) is 3.16. The highest BCUT2D eigenvalue weighted by Gasteiger charge is 2.40. The smallest absolute Gasteiger partial charge is 0.245 e. The lowest BCUT2D eigenvalue weighted by Gasteiger charge is -2.29. The highest BCUT2D eigenvalue weighted by molar-refractivity contribution is 7.89. The summed E-state index contributed by atoms with van der Waals surface area (Å²) in [6.07, 6.45) is 4.53. The van der Waals surface area contributed by atoms with Crippen LogP contribution < -0.4 is 4.72 Å². The van der Waals surface area contributed by atoms with Gasteiger partial charge in [0.05, 0.1) is 4.90 Å². The Hall–Kier alpha value is -2.16. The normalized spacial score (nSPS) is 21.1. The van der Waals surface area contributed by atoms with Crippen molar-refractivity contribution in [3.05, 3.63) is 41.4 Å². The highest BCUT2D eigenvalue weighted by atomic mass is 35.5. The van der Waals surface area contributed by atoms with E-state index in [-0.39, 0.29) is 16.7 Å². The minimum Gasteiger partial charge on any atom is -0.341 e. The first-order valence-electron chi connectivity index (χ1n) is 11.1. The molecule has 2 saturated heterocycles. The van der Waals surface area contributed by atoms with E-state index in [0.29, 0.717) is 31.1 Å². The molecule has 2 fully saturated rings. The van der Waals surface area contributed by atoms with Crippen molar-refractivity contribution in [3.8, 4) is 0 Å². The number of hydrogen-bond acceptors (Lipinski definition) is 4. The van der Waals surface area contributed by atoms with Crippen molar-refractivity contribution in [2.45, 2.75) is 56.0 Å². The molecule has 2 heterocycles. The molecule has 2 aliphatic heterocycles. The Morgan fingerprint density at radius 2 is 1.69 bits per heavy atom. The maximum Gasteiger partial charge on any atom is 0.245 e. The van der Waals surface area contributed by atoms with Crippen LogP contribution >= 0.6 is 11.6 Å². The van der Waals surface area contributed by atoms with Crippen LogP contribution in [0.2, 0.25) is 5.02 Å². The second kappa shape index (κ2) is 9.37. The first-order chi connectivity index (χ1) is 15.3. The van der Waals surface area contributed by atoms with Gasteiger partial charge in [0.15, 0.2) is 0 Å². The highest BCUT2D eigenvalue weighted by Crippen LogP contribution is 2.24. The van der Waals surface area contributed by atoms with E-state index in [2.05, 4.69) is 4.72 Å². The SMILES string of the molecule is C[C@@H](C(=O)N1CCCCCC1)N1CCC(NS(=O)(=O)c2ccc3cc(Cl)ccc3c2)C1=O. The van der Waals surface area contributed by atoms with E-state index in [1.54, 1.807) is 37.3 Å². The molecule has 9 heteroatoms. The number of fused-ring (bicyclic) bond motifs is 1. The van der Waals surface area contributed by atoms with Crippen LogP contribution in [0, 0.1) is 0 Å². The molecular formula is C23H28ClN3O4S. The number of likely N-dealkylation sites (tertiary alicyclic amines) is 2. The van der Waals surface area contributed by atoms with E-state index in [1.165, 1.54) is 11.0 Å². The lowest BCUT2D eigenvalue weighted by Crippen LogP contribution is -2.50. The third kappa shape index (κ3) is 4.77. The van der Waals surface area contributed by atoms with Gasteiger partial charge >= 0.3 is 0 Å². The number of benzene rings is 2. The van der Waals surface area contributed by atoms with E-state index in [4.69, 9.17) is 11.6 Å². The summed E-state index contributed by atoms with van der Waals surface area (Å²) in [6.45, 7) is 3.52. The Morgan fingerprint density at radius 1 is 1.03 bits per heavy atom. The standard InChI is InChI=1S/C23H28ClN3O4S/c1-16(22(28)26-11-4-2-3-5-12-26)27-13-10-21(23(27)29)25-32(30,31)20-9-7-17-14-19(24)8-6-18(17)15-20/h6-9,14-16,21,25H,2-5,10-13H2,1H3/t16-,21?/m0/s1. The summed E-state index contributed by atoms with van der Waals surface area (Å²) in [6, 6.07) is 8.52. The molecule has 2 aromatic carbocycles. The molecule has 172 valence electrons. The van der Waals surface area contributed by atoms with Gasteiger partial charge in [0, 0.05) is 24.7 Å². The van der Waals surface area contributed by atoms with Gasteiger partial charge < -0.3 is 9.80 Å². The summed E-state index contributed by atoms with van der Waals surface area (Å²) >= 11 is 6.00. The molecule has 2 amide bonds. The molecule has 1 N–H and O–H groups in total. The van der Waals surface area contributed by atoms with Gasteiger partial charge in [0.25, 0.3) is 0 Å². The molecule has 0 aromatic heterocycles. The second-order valence-corrected chi connectivity index (χ2v) is 10.7. The summed E-state index contributed by atoms with van der Waals surface area (Å²) in [4.78, 5) is 29.3. The van der Waals surface area contributed by atoms with Crippen LogP contribution in [0.4, 0.5) is 0 Å². The molecule has 32 heavy (non-hydrogen) atoms. The first kappa shape index (κ1) is 23.0. The zero-order valence-electron chi connectivity index (χ0n) is 18.1. The van der Waals surface area contributed by atoms with Gasteiger partial charge in [-0.05, 0) is 61.2 Å². The predicted molar refractivity (Wildman–Crippen MR) is 124 cm³/mol. The summed E-state index contributed by atoms with van der Waals surface area (Å²) in [7, 11) is -3.90. The van der Waals surface area contributed by atoms with Crippen LogP contribution in [0.25, 0.3) is 10.8 Å². The van der Waals surface area contributed by atoms with Crippen molar-refractivity contribution >= 4 is 44.2 Å². The zero-order chi connectivity index (χ0) is 22.9. The zero-order valence-corrected chi connectivity index (χ0v) is 19.7. The first-order valence-corrected chi connectivity index (χ1v) is 12.9. The summed E-state index contributed by atoms with van der Waals surface area (Å²) in [5.74, 6) is -0.409. The van der Waals surface area contributed by atoms with Crippen molar-refractivity contribution in [1.29, 1.82) is 0 Å². The van der Waals surface area contributed by atoms with Crippen molar-refractivity contribution in [2.24, 2.45) is 0 Å². The summed E-state index contributed by atoms with van der Waals surface area (Å²) < 4.78 is 28.5. The van der Waals surface area contributed by atoms with Gasteiger partial charge in [0.1, 0.15) is 12.1 Å². The molecule has 1 unspecified atom stereocenters. The van der Waals surface area contributed by atoms with Gasteiger partial charge in [-0.15, -0.1) is 0 Å². The number of rotatable bonds is 5. The average molecular weight is 478 g/mol. The molecule has 0 bridgehead atoms. The van der Waals surface area contributed by atoms with Crippen molar-refractivity contribution in [3.63, 3.8) is 0 Å². The number of nitrogens with one attached hydrogen (secondary N) is 1. The van der Waals surface area contributed by atoms with E-state index in [9.17, 15) is 18.0 Å². The van der Waals surface area contributed by atoms with E-state index < -0.39 is 22.1 Å². The number of carbonyl (C=O) groups is 2. The summed E-state index contributed by atoms with van der Waals surface area (Å²) in [5, 5.41) is 2.15. The third-order valence-electron chi connectivity index (χ3n) is 6.36. The topological polar surface area (TPSA) is 86.8 Å². The molecule has 7 nitrogen and oxygen atoms in total. The van der Waals surface area contributed by atoms with Gasteiger partial charge in [-0.3, -0.25) is 9.59 Å². The number of sulfonamides is 1. The molecule has 0 radical (unpaired) electrons. The van der Waals surface area contributed by atoms with Crippen molar-refractivity contribution in [2.75, 3.05) is 19.6 Å². The largest absolute Gasteiger partial charge is 0.341 e. The van der Waals surface area contributed by atoms with E-state index in [1.807, 2.05) is 4.90 Å². The molecule has 0 saturated carbocycles. The van der Waals surface area contributed by atoms with Gasteiger partial charge in [0.2, 0.25) is 21.8 Å². The molecular weight excluding hydrogens is 450 g/mol. The van der Waals surface area contributed by atoms with Crippen molar-refractivity contribution in [1.82, 2.24) is 14.5 Å². The minimum atomic E-state index is -3.90. The molecule has 2 atom stereocenters. The molecule has 0 spiro atoms. The molecule has 0 aliphatic carbocycles. The Bertz CT molecular complexity index is 1130. The number of amides is 2. The Morgan fingerprint density at radius 3 is 2.41 bits per heavy atom. The molecule has 2 aliphatic rings. The fourth-order valence-electron chi connectivity index (χ4n) is 4.50. The van der Waals surface area contributed by atoms with Crippen molar-refractivity contribution < 1.29 is 18.0 Å². The number of carbonyl (C=O) groups excluding carboxylic acids is 2. The Labute approximate surface area is 193 Å². The Kier molecular flexibility index (Phi) is 6.74. The number of halogens is 1. The number of hydrogen-bond donors (Lipinski definition) is 1. The lowest BCUT2D eigenvalue weighted by atomic mass is 10.1. The van der Waals surface area contributed by atoms with E-state index in [0.717, 1.165) is 36.5 Å². The minimum absolute atomic E-state index is 0.0584. The summed E-state index contributed by atoms with van der Waals surface area (Å²) in [5.41, 5.74) is 0. The lowest BCUT2D eigenvalue weighted by molar-refractivity contribution is -0.143. The monoisotopic (exact) mass is 477 g/mol. The van der Waals surface area contributed by atoms with Crippen LogP contribution in [-0.4, -0.2) is 61.7 Å². The van der Waals surface area contributed by atoms with Crippen LogP contribution in [-0.2, 0) is 19.6 Å².